The zero-order valence-corrected chi connectivity index (χ0v) is 31.6. The van der Waals surface area contributed by atoms with Crippen LogP contribution in [-0.2, 0) is 47.1 Å². The van der Waals surface area contributed by atoms with Gasteiger partial charge in [-0.2, -0.15) is 0 Å². The minimum absolute atomic E-state index is 0. The van der Waals surface area contributed by atoms with Crippen LogP contribution < -0.4 is 15.3 Å². The number of ketones is 3. The van der Waals surface area contributed by atoms with Crippen molar-refractivity contribution in [1.82, 2.24) is 0 Å². The molecule has 0 saturated carbocycles. The monoisotopic (exact) mass is 638 g/mol. The average Bonchev–Trinajstić information content (AvgIpc) is 2.64. The van der Waals surface area contributed by atoms with Gasteiger partial charge in [-0.3, -0.25) is 14.4 Å². The van der Waals surface area contributed by atoms with E-state index in [1.54, 1.807) is 0 Å². The second kappa shape index (κ2) is 16.4. The van der Waals surface area contributed by atoms with E-state index >= 15 is 0 Å². The van der Waals surface area contributed by atoms with Crippen molar-refractivity contribution in [1.29, 1.82) is 0 Å². The normalized spacial score (nSPS) is 14.1. The van der Waals surface area contributed by atoms with E-state index in [1.807, 2.05) is 125 Å². The van der Waals surface area contributed by atoms with Gasteiger partial charge in [0.15, 0.2) is 17.3 Å². The molecule has 0 radical (unpaired) electrons. The molecule has 0 aromatic rings. The molecule has 0 heterocycles. The van der Waals surface area contributed by atoms with Gasteiger partial charge in [0.25, 0.3) is 0 Å². The zero-order valence-electron chi connectivity index (χ0n) is 28.8. The van der Waals surface area contributed by atoms with Gasteiger partial charge in [0.05, 0.1) is 0 Å². The Hall–Kier alpha value is -1.27. The number of carbonyl (C=O) groups excluding carboxylic acids is 3. The van der Waals surface area contributed by atoms with E-state index in [2.05, 4.69) is 0 Å². The Morgan fingerprint density at radius 1 is 0.350 bits per heavy atom. The fourth-order valence-electron chi connectivity index (χ4n) is 1.66. The predicted molar refractivity (Wildman–Crippen MR) is 156 cm³/mol. The molecule has 228 valence electrons. The van der Waals surface area contributed by atoms with Crippen molar-refractivity contribution in [3.05, 3.63) is 35.5 Å². The van der Waals surface area contributed by atoms with Crippen LogP contribution in [0.2, 0.25) is 0 Å². The van der Waals surface area contributed by atoms with Gasteiger partial charge in [0.2, 0.25) is 0 Å². The quantitative estimate of drug-likeness (QED) is 0.290. The third kappa shape index (κ3) is 21.5. The van der Waals surface area contributed by atoms with Crippen LogP contribution in [-0.4, -0.2) is 17.3 Å². The van der Waals surface area contributed by atoms with Gasteiger partial charge in [0.1, 0.15) is 0 Å². The van der Waals surface area contributed by atoms with Gasteiger partial charge in [-0.05, 0) is 34.5 Å². The van der Waals surface area contributed by atoms with Crippen LogP contribution in [0.3, 0.4) is 0 Å². The maximum absolute atomic E-state index is 11.4. The molecule has 40 heavy (non-hydrogen) atoms. The summed E-state index contributed by atoms with van der Waals surface area (Å²) in [6.07, 6.45) is 3.67. The molecule has 0 rings (SSSR count). The number of allylic oxidation sites excluding steroid dienone is 6. The topological polar surface area (TPSA) is 120 Å². The minimum atomic E-state index is -0.457. The van der Waals surface area contributed by atoms with Crippen LogP contribution in [0, 0.1) is 32.5 Å². The molecule has 0 saturated heterocycles. The van der Waals surface area contributed by atoms with Crippen molar-refractivity contribution in [2.45, 2.75) is 125 Å². The second-order valence-electron chi connectivity index (χ2n) is 16.1. The molecule has 0 amide bonds. The Morgan fingerprint density at radius 3 is 0.550 bits per heavy atom. The van der Waals surface area contributed by atoms with E-state index in [1.165, 1.54) is 18.2 Å². The Morgan fingerprint density at radius 2 is 0.475 bits per heavy atom. The van der Waals surface area contributed by atoms with E-state index in [9.17, 15) is 29.7 Å². The Kier molecular flexibility index (Phi) is 18.7. The first-order valence-electron chi connectivity index (χ1n) is 13.5. The Bertz CT molecular complexity index is 801. The number of rotatable bonds is 3. The van der Waals surface area contributed by atoms with Gasteiger partial charge in [-0.15, -0.1) is 17.3 Å². The van der Waals surface area contributed by atoms with Crippen LogP contribution in [0.1, 0.15) is 125 Å². The third-order valence-electron chi connectivity index (χ3n) is 5.22. The molecular formula is C33H57O6Y. The smallest absolute Gasteiger partial charge is 0.875 e. The van der Waals surface area contributed by atoms with Crippen LogP contribution >= 0.6 is 0 Å². The van der Waals surface area contributed by atoms with Crippen molar-refractivity contribution < 1.29 is 62.4 Å². The molecule has 0 spiro atoms. The summed E-state index contributed by atoms with van der Waals surface area (Å²) in [4.78, 5) is 34.3. The van der Waals surface area contributed by atoms with Gasteiger partial charge in [-0.1, -0.05) is 125 Å². The molecule has 0 aliphatic heterocycles. The summed E-state index contributed by atoms with van der Waals surface area (Å²) in [7, 11) is 0. The number of hydrogen-bond acceptors (Lipinski definition) is 6. The summed E-state index contributed by atoms with van der Waals surface area (Å²) in [6, 6.07) is 0. The van der Waals surface area contributed by atoms with E-state index in [0.29, 0.717) is 0 Å². The van der Waals surface area contributed by atoms with Crippen LogP contribution in [0.15, 0.2) is 35.5 Å². The molecule has 0 atom stereocenters. The zero-order chi connectivity index (χ0) is 32.6. The average molecular weight is 639 g/mol. The summed E-state index contributed by atoms with van der Waals surface area (Å²) in [5.41, 5.74) is -2.74. The van der Waals surface area contributed by atoms with Gasteiger partial charge in [-0.25, -0.2) is 0 Å². The third-order valence-corrected chi connectivity index (χ3v) is 5.22. The van der Waals surface area contributed by atoms with Gasteiger partial charge in [0, 0.05) is 16.2 Å². The predicted octanol–water partition coefficient (Wildman–Crippen LogP) is 5.67. The van der Waals surface area contributed by atoms with Gasteiger partial charge < -0.3 is 15.3 Å². The van der Waals surface area contributed by atoms with Crippen LogP contribution in [0.25, 0.3) is 0 Å². The van der Waals surface area contributed by atoms with Crippen molar-refractivity contribution >= 4 is 17.3 Å². The molecule has 0 aliphatic rings. The largest absolute Gasteiger partial charge is 3.00 e. The summed E-state index contributed by atoms with van der Waals surface area (Å²) >= 11 is 0. The van der Waals surface area contributed by atoms with E-state index in [4.69, 9.17) is 0 Å². The molecule has 0 aliphatic carbocycles. The van der Waals surface area contributed by atoms with Crippen LogP contribution in [0.4, 0.5) is 0 Å². The van der Waals surface area contributed by atoms with Crippen molar-refractivity contribution in [3.8, 4) is 0 Å². The van der Waals surface area contributed by atoms with Crippen molar-refractivity contribution in [2.24, 2.45) is 32.5 Å². The molecular weight excluding hydrogens is 581 g/mol. The maximum Gasteiger partial charge on any atom is 3.00 e. The molecule has 7 heteroatoms. The first kappa shape index (κ1) is 45.7. The number of carbonyl (C=O) groups is 3. The van der Waals surface area contributed by atoms with Gasteiger partial charge >= 0.3 is 32.7 Å². The molecule has 0 N–H and O–H groups in total. The molecule has 6 nitrogen and oxygen atoms in total. The van der Waals surface area contributed by atoms with Crippen molar-refractivity contribution in [2.75, 3.05) is 0 Å². The van der Waals surface area contributed by atoms with E-state index < -0.39 is 32.5 Å². The molecule has 0 unspecified atom stereocenters. The SMILES string of the molecule is CC(C)(C)C(=O)C=C([O-])C(C)(C)C.CC(C)(C)C(=O)C=C([O-])C(C)(C)C.CC(C)(C)C(=O)C=C([O-])C(C)(C)C.[Y+3]. The summed E-state index contributed by atoms with van der Waals surface area (Å²) in [5.74, 6) is -0.625. The molecule has 0 bridgehead atoms. The summed E-state index contributed by atoms with van der Waals surface area (Å²) in [5, 5.41) is 34.3. The van der Waals surface area contributed by atoms with E-state index in [0.717, 1.165) is 0 Å². The van der Waals surface area contributed by atoms with Crippen molar-refractivity contribution in [3.63, 3.8) is 0 Å². The molecule has 0 aromatic heterocycles. The second-order valence-corrected chi connectivity index (χ2v) is 16.1. The first-order valence-corrected chi connectivity index (χ1v) is 13.5. The van der Waals surface area contributed by atoms with Crippen LogP contribution in [0.5, 0.6) is 0 Å². The Labute approximate surface area is 271 Å². The fraction of sp³-hybridized carbons (Fsp3) is 0.727. The minimum Gasteiger partial charge on any atom is -0.875 e. The number of hydrogen-bond donors (Lipinski definition) is 0. The Balaban J connectivity index is -0.000000240. The fourth-order valence-corrected chi connectivity index (χ4v) is 1.66. The molecule has 0 fully saturated rings. The first-order chi connectivity index (χ1) is 16.6. The standard InChI is InChI=1S/3C11H20O2.Y/c3*1-10(2,3)8(12)7-9(13)11(4,5)6;/h3*7,12H,1-6H3;/q;;;+3/p-3. The van der Waals surface area contributed by atoms with E-state index in [-0.39, 0.29) is 67.3 Å². The molecule has 0 aromatic carbocycles. The summed E-state index contributed by atoms with van der Waals surface area (Å²) in [6.45, 7) is 32.5. The maximum atomic E-state index is 11.4. The summed E-state index contributed by atoms with van der Waals surface area (Å²) < 4.78 is 0.